The van der Waals surface area contributed by atoms with Gasteiger partial charge in [0.1, 0.15) is 12.7 Å². The number of rotatable bonds is 17. The number of hydrogen-bond donors (Lipinski definition) is 3. The number of cyclic esters (lactones) is 1. The minimum Gasteiger partial charge on any atom is -0.499 e. The fraction of sp³-hybridized carbons (Fsp3) is 0.808. The summed E-state index contributed by atoms with van der Waals surface area (Å²) in [6.07, 6.45) is 10.7. The third-order valence-corrected chi connectivity index (χ3v) is 6.27. The number of esters is 1. The molecule has 1 aliphatic rings. The smallest absolute Gasteiger partial charge is 0.378 e. The Morgan fingerprint density at radius 3 is 2.16 bits per heavy atom. The summed E-state index contributed by atoms with van der Waals surface area (Å²) in [6, 6.07) is 0. The molecule has 0 aromatic carbocycles. The Morgan fingerprint density at radius 1 is 1.03 bits per heavy atom. The predicted molar refractivity (Wildman–Crippen MR) is 127 cm³/mol. The Kier molecular flexibility index (Phi) is 13.7. The number of aliphatic hydroxyl groups excluding tert-OH is 3. The van der Waals surface area contributed by atoms with Crippen molar-refractivity contribution in [3.05, 3.63) is 23.2 Å². The molecule has 4 atom stereocenters. The first-order valence-electron chi connectivity index (χ1n) is 12.4. The molecule has 0 saturated heterocycles. The van der Waals surface area contributed by atoms with E-state index in [2.05, 4.69) is 27.7 Å². The summed E-state index contributed by atoms with van der Waals surface area (Å²) in [7, 11) is 0. The lowest BCUT2D eigenvalue weighted by Gasteiger charge is -2.18. The molecule has 0 radical (unpaired) electrons. The molecule has 0 spiro atoms. The molecule has 1 rings (SSSR count). The molecule has 3 N–H and O–H groups in total. The van der Waals surface area contributed by atoms with E-state index in [1.54, 1.807) is 0 Å². The number of carbonyl (C=O) groups is 1. The van der Waals surface area contributed by atoms with Gasteiger partial charge in [-0.15, -0.1) is 0 Å². The van der Waals surface area contributed by atoms with Gasteiger partial charge < -0.3 is 24.8 Å². The average molecular weight is 455 g/mol. The van der Waals surface area contributed by atoms with E-state index in [0.717, 1.165) is 30.6 Å². The summed E-state index contributed by atoms with van der Waals surface area (Å²) in [4.78, 5) is 11.5. The van der Waals surface area contributed by atoms with Gasteiger partial charge in [0.25, 0.3) is 0 Å². The first-order chi connectivity index (χ1) is 15.1. The van der Waals surface area contributed by atoms with Crippen molar-refractivity contribution in [2.24, 2.45) is 17.8 Å². The van der Waals surface area contributed by atoms with Gasteiger partial charge >= 0.3 is 5.97 Å². The van der Waals surface area contributed by atoms with Crippen molar-refractivity contribution in [3.63, 3.8) is 0 Å². The maximum absolute atomic E-state index is 11.5. The molecule has 0 aliphatic carbocycles. The fourth-order valence-electron chi connectivity index (χ4n) is 4.04. The highest BCUT2D eigenvalue weighted by Crippen LogP contribution is 2.25. The Labute approximate surface area is 194 Å². The molecule has 0 aromatic heterocycles. The maximum atomic E-state index is 11.5. The summed E-state index contributed by atoms with van der Waals surface area (Å²) >= 11 is 0. The highest BCUT2D eigenvalue weighted by molar-refractivity contribution is 5.89. The van der Waals surface area contributed by atoms with E-state index in [1.165, 1.54) is 50.5 Å². The van der Waals surface area contributed by atoms with E-state index in [0.29, 0.717) is 0 Å². The predicted octanol–water partition coefficient (Wildman–Crippen LogP) is 5.44. The van der Waals surface area contributed by atoms with Crippen molar-refractivity contribution in [3.8, 4) is 0 Å². The van der Waals surface area contributed by atoms with E-state index >= 15 is 0 Å². The zero-order chi connectivity index (χ0) is 24.1. The highest BCUT2D eigenvalue weighted by atomic mass is 16.6. The van der Waals surface area contributed by atoms with Crippen LogP contribution >= 0.6 is 0 Å². The van der Waals surface area contributed by atoms with Gasteiger partial charge in [-0.25, -0.2) is 4.79 Å². The molecular weight excluding hydrogens is 408 g/mol. The van der Waals surface area contributed by atoms with Gasteiger partial charge in [0.15, 0.2) is 11.9 Å². The second kappa shape index (κ2) is 15.3. The van der Waals surface area contributed by atoms with Gasteiger partial charge in [0.05, 0.1) is 6.61 Å². The number of aliphatic hydroxyl groups is 3. The minimum atomic E-state index is -1.33. The van der Waals surface area contributed by atoms with Crippen LogP contribution in [-0.2, 0) is 14.3 Å². The van der Waals surface area contributed by atoms with Crippen LogP contribution in [0.15, 0.2) is 23.2 Å². The standard InChI is InChI=1S/C26H46O6/c1-18(2)9-6-10-19(3)11-7-12-20(4)13-8-14-21(5)15-16-31-25-23(29)26(30)32-24(25)22(28)17-27/h15,18-20,22,24,27-29H,6-14,16-17H2,1-5H3. The second-order valence-corrected chi connectivity index (χ2v) is 10.0. The molecule has 0 bridgehead atoms. The lowest BCUT2D eigenvalue weighted by molar-refractivity contribution is -0.148. The van der Waals surface area contributed by atoms with Crippen LogP contribution in [-0.4, -0.2) is 46.7 Å². The van der Waals surface area contributed by atoms with Crippen LogP contribution < -0.4 is 0 Å². The van der Waals surface area contributed by atoms with Crippen LogP contribution in [0.1, 0.15) is 92.4 Å². The van der Waals surface area contributed by atoms with Crippen LogP contribution in [0.5, 0.6) is 0 Å². The van der Waals surface area contributed by atoms with Gasteiger partial charge in [-0.1, -0.05) is 78.2 Å². The third kappa shape index (κ3) is 10.9. The van der Waals surface area contributed by atoms with Gasteiger partial charge in [-0.3, -0.25) is 0 Å². The SMILES string of the molecule is CC(=CCOC1=C(O)C(=O)OC1C(O)CO)CCCC(C)CCCC(C)CCCC(C)C. The molecule has 6 heteroatoms. The number of allylic oxidation sites excluding steroid dienone is 1. The molecule has 0 aromatic rings. The third-order valence-electron chi connectivity index (χ3n) is 6.27. The molecule has 0 fully saturated rings. The molecule has 1 heterocycles. The lowest BCUT2D eigenvalue weighted by Crippen LogP contribution is -2.32. The van der Waals surface area contributed by atoms with Gasteiger partial charge in [-0.05, 0) is 43.6 Å². The van der Waals surface area contributed by atoms with E-state index in [-0.39, 0.29) is 12.4 Å². The molecule has 6 nitrogen and oxygen atoms in total. The van der Waals surface area contributed by atoms with Crippen molar-refractivity contribution < 1.29 is 29.6 Å². The highest BCUT2D eigenvalue weighted by Gasteiger charge is 2.40. The Bertz CT molecular complexity index is 609. The number of carbonyl (C=O) groups excluding carboxylic acids is 1. The van der Waals surface area contributed by atoms with Gasteiger partial charge in [0, 0.05) is 0 Å². The van der Waals surface area contributed by atoms with Crippen LogP contribution in [0.25, 0.3) is 0 Å². The van der Waals surface area contributed by atoms with E-state index in [9.17, 15) is 15.0 Å². The zero-order valence-corrected chi connectivity index (χ0v) is 20.8. The van der Waals surface area contributed by atoms with E-state index in [4.69, 9.17) is 14.6 Å². The summed E-state index contributed by atoms with van der Waals surface area (Å²) < 4.78 is 10.3. The topological polar surface area (TPSA) is 96.2 Å². The zero-order valence-electron chi connectivity index (χ0n) is 20.8. The van der Waals surface area contributed by atoms with Crippen molar-refractivity contribution >= 4 is 5.97 Å². The Hall–Kier alpha value is -1.53. The van der Waals surface area contributed by atoms with Crippen molar-refractivity contribution in [1.29, 1.82) is 0 Å². The summed E-state index contributed by atoms with van der Waals surface area (Å²) in [5.41, 5.74) is 1.18. The number of ether oxygens (including phenoxy) is 2. The van der Waals surface area contributed by atoms with Gasteiger partial charge in [-0.2, -0.15) is 0 Å². The average Bonchev–Trinajstić information content (AvgIpc) is 3.01. The molecule has 1 aliphatic heterocycles. The van der Waals surface area contributed by atoms with Crippen LogP contribution in [0.3, 0.4) is 0 Å². The van der Waals surface area contributed by atoms with Crippen molar-refractivity contribution in [1.82, 2.24) is 0 Å². The van der Waals surface area contributed by atoms with Gasteiger partial charge in [0.2, 0.25) is 5.76 Å². The monoisotopic (exact) mass is 454 g/mol. The molecule has 0 amide bonds. The van der Waals surface area contributed by atoms with Crippen LogP contribution in [0.2, 0.25) is 0 Å². The van der Waals surface area contributed by atoms with E-state index in [1.807, 2.05) is 13.0 Å². The lowest BCUT2D eigenvalue weighted by atomic mass is 9.91. The first kappa shape index (κ1) is 28.5. The molecule has 4 unspecified atom stereocenters. The quantitative estimate of drug-likeness (QED) is 0.200. The Morgan fingerprint density at radius 2 is 1.59 bits per heavy atom. The van der Waals surface area contributed by atoms with E-state index < -0.39 is 30.5 Å². The molecule has 186 valence electrons. The minimum absolute atomic E-state index is 0.118. The Balaban J connectivity index is 2.23. The van der Waals surface area contributed by atoms with Crippen molar-refractivity contribution in [2.75, 3.05) is 13.2 Å². The number of hydrogen-bond acceptors (Lipinski definition) is 6. The first-order valence-corrected chi connectivity index (χ1v) is 12.4. The summed E-state index contributed by atoms with van der Waals surface area (Å²) in [5, 5.41) is 28.6. The normalized spacial score (nSPS) is 19.9. The fourth-order valence-corrected chi connectivity index (χ4v) is 4.04. The molecular formula is C26H46O6. The van der Waals surface area contributed by atoms with Crippen molar-refractivity contribution in [2.45, 2.75) is 105 Å². The molecule has 0 saturated carbocycles. The molecule has 32 heavy (non-hydrogen) atoms. The summed E-state index contributed by atoms with van der Waals surface area (Å²) in [6.45, 7) is 10.9. The second-order valence-electron chi connectivity index (χ2n) is 10.0. The van der Waals surface area contributed by atoms with Crippen LogP contribution in [0, 0.1) is 17.8 Å². The largest absolute Gasteiger partial charge is 0.499 e. The summed E-state index contributed by atoms with van der Waals surface area (Å²) in [5.74, 6) is 0.666. The van der Waals surface area contributed by atoms with Crippen LogP contribution in [0.4, 0.5) is 0 Å². The maximum Gasteiger partial charge on any atom is 0.378 e.